The van der Waals surface area contributed by atoms with Crippen LogP contribution in [0.2, 0.25) is 0 Å². The van der Waals surface area contributed by atoms with Crippen molar-refractivity contribution in [1.29, 1.82) is 0 Å². The smallest absolute Gasteiger partial charge is 0.306 e. The molecule has 12 nitrogen and oxygen atoms in total. The van der Waals surface area contributed by atoms with Gasteiger partial charge in [0, 0.05) is 12.8 Å². The molecule has 56 heavy (non-hydrogen) atoms. The molecule has 13 heteroatoms. The number of aliphatic hydroxyl groups excluding tert-OH is 3. The third-order valence-corrected chi connectivity index (χ3v) is 9.10. The van der Waals surface area contributed by atoms with Crippen molar-refractivity contribution in [2.75, 3.05) is 19.0 Å². The number of hydrogen-bond donors (Lipinski definition) is 4. The third-order valence-electron chi connectivity index (χ3n) is 8.35. The lowest BCUT2D eigenvalue weighted by molar-refractivity contribution is -0.297. The average molecular weight is 807 g/mol. The van der Waals surface area contributed by atoms with E-state index in [9.17, 15) is 37.9 Å². The summed E-state index contributed by atoms with van der Waals surface area (Å²) < 4.78 is 53.8. The fraction of sp³-hybridized carbons (Fsp3) is 0.581. The first-order valence-corrected chi connectivity index (χ1v) is 21.5. The molecule has 0 aromatic heterocycles. The largest absolute Gasteiger partial charge is 0.462 e. The highest BCUT2D eigenvalue weighted by Gasteiger charge is 2.46. The van der Waals surface area contributed by atoms with Crippen LogP contribution >= 0.6 is 0 Å². The number of ether oxygens (including phenoxy) is 4. The average Bonchev–Trinajstić information content (AvgIpc) is 3.16. The second kappa shape index (κ2) is 32.6. The molecule has 0 radical (unpaired) electrons. The molecule has 0 amide bonds. The molecule has 0 aromatic carbocycles. The van der Waals surface area contributed by atoms with Crippen LogP contribution in [0.5, 0.6) is 0 Å². The number of carbonyl (C=O) groups is 2. The molecule has 1 heterocycles. The van der Waals surface area contributed by atoms with Crippen molar-refractivity contribution in [3.63, 3.8) is 0 Å². The highest BCUT2D eigenvalue weighted by molar-refractivity contribution is 7.85. The first kappa shape index (κ1) is 50.6. The number of allylic oxidation sites excluding steroid dienone is 16. The number of hydrogen-bond acceptors (Lipinski definition) is 11. The van der Waals surface area contributed by atoms with Crippen LogP contribution in [0.3, 0.4) is 0 Å². The molecule has 1 aliphatic heterocycles. The van der Waals surface area contributed by atoms with Gasteiger partial charge in [0.05, 0.1) is 6.61 Å². The molecule has 1 rings (SSSR count). The van der Waals surface area contributed by atoms with Crippen molar-refractivity contribution in [2.45, 2.75) is 141 Å². The number of aliphatic hydroxyl groups is 3. The summed E-state index contributed by atoms with van der Waals surface area (Å²) in [5.41, 5.74) is 0. The van der Waals surface area contributed by atoms with E-state index in [0.717, 1.165) is 57.8 Å². The van der Waals surface area contributed by atoms with Crippen molar-refractivity contribution in [3.8, 4) is 0 Å². The summed E-state index contributed by atoms with van der Waals surface area (Å²) >= 11 is 0. The summed E-state index contributed by atoms with van der Waals surface area (Å²) in [7, 11) is -4.62. The van der Waals surface area contributed by atoms with Crippen molar-refractivity contribution in [1.82, 2.24) is 0 Å². The molecule has 1 fully saturated rings. The predicted molar refractivity (Wildman–Crippen MR) is 219 cm³/mol. The Balaban J connectivity index is 2.57. The lowest BCUT2D eigenvalue weighted by Gasteiger charge is -2.40. The Morgan fingerprint density at radius 1 is 0.607 bits per heavy atom. The van der Waals surface area contributed by atoms with Crippen LogP contribution in [0.25, 0.3) is 0 Å². The molecule has 0 saturated carbocycles. The first-order valence-electron chi connectivity index (χ1n) is 19.9. The summed E-state index contributed by atoms with van der Waals surface area (Å²) in [5, 5.41) is 30.8. The Morgan fingerprint density at radius 2 is 1.09 bits per heavy atom. The van der Waals surface area contributed by atoms with Crippen LogP contribution in [-0.2, 0) is 38.7 Å². The molecule has 1 saturated heterocycles. The van der Waals surface area contributed by atoms with Gasteiger partial charge in [0.2, 0.25) is 0 Å². The normalized spacial score (nSPS) is 21.7. The van der Waals surface area contributed by atoms with Gasteiger partial charge >= 0.3 is 11.9 Å². The maximum atomic E-state index is 12.7. The summed E-state index contributed by atoms with van der Waals surface area (Å²) in [6.45, 7) is 3.37. The van der Waals surface area contributed by atoms with E-state index in [0.29, 0.717) is 19.3 Å². The zero-order valence-electron chi connectivity index (χ0n) is 33.2. The monoisotopic (exact) mass is 806 g/mol. The number of esters is 2. The Bertz CT molecular complexity index is 1410. The number of carbonyl (C=O) groups excluding carboxylic acids is 2. The molecule has 0 aromatic rings. The van der Waals surface area contributed by atoms with Crippen LogP contribution in [0.1, 0.15) is 104 Å². The van der Waals surface area contributed by atoms with E-state index in [4.69, 9.17) is 18.9 Å². The molecule has 4 N–H and O–H groups in total. The van der Waals surface area contributed by atoms with Gasteiger partial charge in [0.25, 0.3) is 10.1 Å². The summed E-state index contributed by atoms with van der Waals surface area (Å²) in [5.74, 6) is -2.12. The molecule has 0 aliphatic carbocycles. The van der Waals surface area contributed by atoms with Gasteiger partial charge in [-0.3, -0.25) is 14.1 Å². The number of unbranched alkanes of at least 4 members (excludes halogenated alkanes) is 8. The van der Waals surface area contributed by atoms with E-state index in [1.165, 1.54) is 0 Å². The van der Waals surface area contributed by atoms with E-state index in [1.54, 1.807) is 0 Å². The van der Waals surface area contributed by atoms with E-state index < -0.39 is 71.2 Å². The fourth-order valence-electron chi connectivity index (χ4n) is 5.29. The molecule has 1 aliphatic rings. The topological polar surface area (TPSA) is 186 Å². The molecule has 3 unspecified atom stereocenters. The standard InChI is InChI=1S/C43H66O12S/c1-3-5-7-9-11-13-15-17-18-20-21-23-25-27-29-31-38(44)52-33-36(34-53-43-42(48)41(47)40(46)37(55-43)35-56(49,50)51)54-39(45)32-30-28-26-24-22-19-16-14-12-10-8-6-4-2/h5-16,19,22,24,26,36-37,40-43,46-48H,3-4,17-18,20-21,23,25,27-35H2,1-2H3,(H,49,50,51)/b7-5+,8-6+,11-9+,12-10+,15-13+,16-14+,22-19+,26-24+/t36?,37-,40-,41?,42?,43+/m1/s1. The van der Waals surface area contributed by atoms with E-state index in [-0.39, 0.29) is 19.4 Å². The van der Waals surface area contributed by atoms with Gasteiger partial charge in [-0.15, -0.1) is 0 Å². The second-order valence-electron chi connectivity index (χ2n) is 13.4. The lowest BCUT2D eigenvalue weighted by atomic mass is 10.00. The molecule has 0 bridgehead atoms. The maximum Gasteiger partial charge on any atom is 0.306 e. The zero-order valence-corrected chi connectivity index (χ0v) is 34.0. The Labute approximate surface area is 334 Å². The predicted octanol–water partition coefficient (Wildman–Crippen LogP) is 7.10. The Kier molecular flexibility index (Phi) is 29.5. The van der Waals surface area contributed by atoms with Crippen LogP contribution in [-0.4, -0.2) is 96.0 Å². The van der Waals surface area contributed by atoms with E-state index in [1.807, 2.05) is 72.9 Å². The van der Waals surface area contributed by atoms with Gasteiger partial charge in [-0.1, -0.05) is 143 Å². The van der Waals surface area contributed by atoms with Gasteiger partial charge in [0.1, 0.15) is 36.8 Å². The molecule has 6 atom stereocenters. The summed E-state index contributed by atoms with van der Waals surface area (Å²) in [6.07, 6.45) is 33.3. The third kappa shape index (κ3) is 27.2. The van der Waals surface area contributed by atoms with Crippen LogP contribution < -0.4 is 0 Å². The minimum atomic E-state index is -4.62. The van der Waals surface area contributed by atoms with Crippen molar-refractivity contribution >= 4 is 22.1 Å². The minimum Gasteiger partial charge on any atom is -0.462 e. The second-order valence-corrected chi connectivity index (χ2v) is 14.9. The zero-order chi connectivity index (χ0) is 41.3. The summed E-state index contributed by atoms with van der Waals surface area (Å²) in [4.78, 5) is 25.3. The molecular weight excluding hydrogens is 741 g/mol. The quantitative estimate of drug-likeness (QED) is 0.0250. The van der Waals surface area contributed by atoms with Crippen molar-refractivity contribution < 1.29 is 56.8 Å². The molecule has 316 valence electrons. The van der Waals surface area contributed by atoms with Crippen molar-refractivity contribution in [3.05, 3.63) is 97.2 Å². The van der Waals surface area contributed by atoms with Crippen molar-refractivity contribution in [2.24, 2.45) is 0 Å². The van der Waals surface area contributed by atoms with Gasteiger partial charge in [-0.05, 0) is 44.9 Å². The first-order chi connectivity index (χ1) is 27.0. The minimum absolute atomic E-state index is 0.0589. The maximum absolute atomic E-state index is 12.7. The SMILES string of the molecule is CC/C=C/C=C/C=C/C=C/C=C/CCCC(=O)OC(COC(=O)CCCCCCCCC/C=C/C=C/C=C/CC)CO[C@H]1O[C@H](CS(=O)(=O)O)[C@@H](O)C(O)C1O. The molecule has 0 spiro atoms. The number of rotatable bonds is 30. The Morgan fingerprint density at radius 3 is 1.64 bits per heavy atom. The van der Waals surface area contributed by atoms with Gasteiger partial charge < -0.3 is 34.3 Å². The van der Waals surface area contributed by atoms with Gasteiger partial charge in [-0.25, -0.2) is 0 Å². The van der Waals surface area contributed by atoms with Gasteiger partial charge in [0.15, 0.2) is 12.4 Å². The molecular formula is C43H66O12S. The van der Waals surface area contributed by atoms with Crippen LogP contribution in [0.4, 0.5) is 0 Å². The van der Waals surface area contributed by atoms with Gasteiger partial charge in [-0.2, -0.15) is 8.42 Å². The Hall–Kier alpha value is -3.43. The fourth-order valence-corrected chi connectivity index (χ4v) is 5.98. The summed E-state index contributed by atoms with van der Waals surface area (Å²) in [6, 6.07) is 0. The van der Waals surface area contributed by atoms with E-state index >= 15 is 0 Å². The van der Waals surface area contributed by atoms with Crippen LogP contribution in [0, 0.1) is 0 Å². The van der Waals surface area contributed by atoms with Crippen LogP contribution in [0.15, 0.2) is 97.2 Å². The highest BCUT2D eigenvalue weighted by Crippen LogP contribution is 2.23. The highest BCUT2D eigenvalue weighted by atomic mass is 32.2. The van der Waals surface area contributed by atoms with E-state index in [2.05, 4.69) is 38.2 Å². The lowest BCUT2D eigenvalue weighted by Crippen LogP contribution is -2.60.